The van der Waals surface area contributed by atoms with Gasteiger partial charge in [0, 0.05) is 0 Å². The molecule has 0 aromatic rings. The van der Waals surface area contributed by atoms with Crippen LogP contribution in [-0.4, -0.2) is 12.6 Å². The molecule has 1 fully saturated rings. The third kappa shape index (κ3) is 3.34. The second kappa shape index (κ2) is 6.23. The van der Waals surface area contributed by atoms with E-state index >= 15 is 0 Å². The van der Waals surface area contributed by atoms with E-state index in [9.17, 15) is 4.79 Å². The molecule has 0 spiro atoms. The molecule has 0 N–H and O–H groups in total. The molecule has 2 aliphatic rings. The fraction of sp³-hybridized carbons (Fsp3) is 0.800. The fourth-order valence-corrected chi connectivity index (χ4v) is 3.04. The van der Waals surface area contributed by atoms with Gasteiger partial charge < -0.3 is 4.74 Å². The minimum absolute atomic E-state index is 0.0531. The van der Waals surface area contributed by atoms with Crippen LogP contribution in [0.4, 0.5) is 0 Å². The van der Waals surface area contributed by atoms with E-state index in [-0.39, 0.29) is 11.9 Å². The Labute approximate surface area is 104 Å². The Bertz CT molecular complexity index is 283. The molecule has 0 heterocycles. The smallest absolute Gasteiger partial charge is 0.309 e. The average Bonchev–Trinajstić information content (AvgIpc) is 2.95. The van der Waals surface area contributed by atoms with Crippen LogP contribution in [0, 0.1) is 17.8 Å². The van der Waals surface area contributed by atoms with Gasteiger partial charge in [0.1, 0.15) is 0 Å². The third-order valence-electron chi connectivity index (χ3n) is 4.07. The molecule has 0 aromatic carbocycles. The van der Waals surface area contributed by atoms with Gasteiger partial charge in [-0.3, -0.25) is 4.79 Å². The first-order valence-electron chi connectivity index (χ1n) is 7.16. The highest BCUT2D eigenvalue weighted by Crippen LogP contribution is 2.43. The number of ether oxygens (including phenoxy) is 1. The summed E-state index contributed by atoms with van der Waals surface area (Å²) in [6.07, 6.45) is 12.7. The normalized spacial score (nSPS) is 29.8. The Kier molecular flexibility index (Phi) is 4.64. The van der Waals surface area contributed by atoms with Crippen molar-refractivity contribution in [2.75, 3.05) is 6.61 Å². The maximum atomic E-state index is 11.9. The molecule has 2 bridgehead atoms. The highest BCUT2D eigenvalue weighted by Gasteiger charge is 2.40. The summed E-state index contributed by atoms with van der Waals surface area (Å²) in [7, 11) is 0. The molecule has 96 valence electrons. The lowest BCUT2D eigenvalue weighted by Crippen LogP contribution is -2.21. The van der Waals surface area contributed by atoms with Crippen LogP contribution in [0.25, 0.3) is 0 Å². The van der Waals surface area contributed by atoms with Gasteiger partial charge in [0.05, 0.1) is 12.5 Å². The van der Waals surface area contributed by atoms with Gasteiger partial charge in [-0.25, -0.2) is 0 Å². The number of fused-ring (bicyclic) bond motifs is 2. The van der Waals surface area contributed by atoms with E-state index in [2.05, 4.69) is 19.1 Å². The second-order valence-corrected chi connectivity index (χ2v) is 5.47. The maximum Gasteiger partial charge on any atom is 0.309 e. The molecule has 0 aromatic heterocycles. The van der Waals surface area contributed by atoms with Crippen molar-refractivity contribution >= 4 is 5.97 Å². The lowest BCUT2D eigenvalue weighted by atomic mass is 9.94. The lowest BCUT2D eigenvalue weighted by molar-refractivity contribution is -0.149. The summed E-state index contributed by atoms with van der Waals surface area (Å²) in [4.78, 5) is 11.9. The molecule has 2 heteroatoms. The van der Waals surface area contributed by atoms with Gasteiger partial charge in [0.25, 0.3) is 0 Å². The van der Waals surface area contributed by atoms with Crippen molar-refractivity contribution in [3.05, 3.63) is 12.2 Å². The molecule has 1 saturated carbocycles. The van der Waals surface area contributed by atoms with Crippen molar-refractivity contribution in [2.45, 2.75) is 51.9 Å². The Morgan fingerprint density at radius 3 is 2.65 bits per heavy atom. The Hall–Kier alpha value is -0.790. The van der Waals surface area contributed by atoms with E-state index in [4.69, 9.17) is 4.74 Å². The number of rotatable bonds is 7. The summed E-state index contributed by atoms with van der Waals surface area (Å²) < 4.78 is 5.39. The maximum absolute atomic E-state index is 11.9. The van der Waals surface area contributed by atoms with Crippen molar-refractivity contribution < 1.29 is 9.53 Å². The van der Waals surface area contributed by atoms with Gasteiger partial charge in [0.15, 0.2) is 0 Å². The van der Waals surface area contributed by atoms with E-state index in [1.165, 1.54) is 32.1 Å². The Morgan fingerprint density at radius 1 is 1.18 bits per heavy atom. The van der Waals surface area contributed by atoms with Crippen LogP contribution in [0.15, 0.2) is 12.2 Å². The molecule has 0 saturated heterocycles. The van der Waals surface area contributed by atoms with Gasteiger partial charge in [-0.2, -0.15) is 0 Å². The lowest BCUT2D eigenvalue weighted by Gasteiger charge is -2.16. The van der Waals surface area contributed by atoms with E-state index in [1.54, 1.807) is 0 Å². The molecule has 17 heavy (non-hydrogen) atoms. The van der Waals surface area contributed by atoms with Crippen molar-refractivity contribution in [3.8, 4) is 0 Å². The number of carbonyl (C=O) groups excluding carboxylic acids is 1. The van der Waals surface area contributed by atoms with Crippen LogP contribution >= 0.6 is 0 Å². The van der Waals surface area contributed by atoms with Crippen molar-refractivity contribution in [1.29, 1.82) is 0 Å². The SMILES string of the molecule is CCCCCCCOC(=O)C1CC2C=CC1C2. The van der Waals surface area contributed by atoms with Crippen LogP contribution < -0.4 is 0 Å². The molecule has 2 nitrogen and oxygen atoms in total. The first-order valence-corrected chi connectivity index (χ1v) is 7.16. The van der Waals surface area contributed by atoms with Crippen LogP contribution in [0.5, 0.6) is 0 Å². The topological polar surface area (TPSA) is 26.3 Å². The molecular formula is C15H24O2. The molecular weight excluding hydrogens is 212 g/mol. The number of hydrogen-bond acceptors (Lipinski definition) is 2. The zero-order valence-electron chi connectivity index (χ0n) is 10.9. The number of esters is 1. The first-order chi connectivity index (χ1) is 8.31. The number of hydrogen-bond donors (Lipinski definition) is 0. The minimum Gasteiger partial charge on any atom is -0.465 e. The summed E-state index contributed by atoms with van der Waals surface area (Å²) in [6.45, 7) is 2.84. The largest absolute Gasteiger partial charge is 0.465 e. The van der Waals surface area contributed by atoms with Gasteiger partial charge in [-0.05, 0) is 31.1 Å². The van der Waals surface area contributed by atoms with Crippen molar-refractivity contribution in [1.82, 2.24) is 0 Å². The summed E-state index contributed by atoms with van der Waals surface area (Å²) in [5.74, 6) is 1.35. The molecule has 0 radical (unpaired) electrons. The number of unbranched alkanes of at least 4 members (excludes halogenated alkanes) is 4. The van der Waals surface area contributed by atoms with Gasteiger partial charge >= 0.3 is 5.97 Å². The van der Waals surface area contributed by atoms with Crippen LogP contribution in [0.2, 0.25) is 0 Å². The highest BCUT2D eigenvalue weighted by molar-refractivity contribution is 5.74. The van der Waals surface area contributed by atoms with Gasteiger partial charge in [-0.15, -0.1) is 0 Å². The highest BCUT2D eigenvalue weighted by atomic mass is 16.5. The molecule has 0 amide bonds. The van der Waals surface area contributed by atoms with Gasteiger partial charge in [0.2, 0.25) is 0 Å². The average molecular weight is 236 g/mol. The summed E-state index contributed by atoms with van der Waals surface area (Å²) in [6, 6.07) is 0. The minimum atomic E-state index is 0.0531. The summed E-state index contributed by atoms with van der Waals surface area (Å²) in [5, 5.41) is 0. The molecule has 3 atom stereocenters. The third-order valence-corrected chi connectivity index (χ3v) is 4.07. The molecule has 2 aliphatic carbocycles. The summed E-state index contributed by atoms with van der Waals surface area (Å²) in [5.41, 5.74) is 0. The number of carbonyl (C=O) groups is 1. The van der Waals surface area contributed by atoms with Crippen molar-refractivity contribution in [2.24, 2.45) is 17.8 Å². The van der Waals surface area contributed by atoms with E-state index in [1.807, 2.05) is 0 Å². The van der Waals surface area contributed by atoms with Crippen LogP contribution in [0.1, 0.15) is 51.9 Å². The summed E-state index contributed by atoms with van der Waals surface area (Å²) >= 11 is 0. The van der Waals surface area contributed by atoms with E-state index in [0.717, 1.165) is 12.8 Å². The van der Waals surface area contributed by atoms with Crippen LogP contribution in [-0.2, 0) is 9.53 Å². The zero-order valence-corrected chi connectivity index (χ0v) is 10.9. The second-order valence-electron chi connectivity index (χ2n) is 5.47. The van der Waals surface area contributed by atoms with Crippen molar-refractivity contribution in [3.63, 3.8) is 0 Å². The Morgan fingerprint density at radius 2 is 2.00 bits per heavy atom. The zero-order chi connectivity index (χ0) is 12.1. The molecule has 0 aliphatic heterocycles. The fourth-order valence-electron chi connectivity index (χ4n) is 3.04. The molecule has 3 unspecified atom stereocenters. The van der Waals surface area contributed by atoms with E-state index < -0.39 is 0 Å². The predicted molar refractivity (Wildman–Crippen MR) is 68.6 cm³/mol. The molecule has 2 rings (SSSR count). The predicted octanol–water partition coefficient (Wildman–Crippen LogP) is 3.71. The van der Waals surface area contributed by atoms with Gasteiger partial charge in [-0.1, -0.05) is 44.8 Å². The van der Waals surface area contributed by atoms with Crippen LogP contribution in [0.3, 0.4) is 0 Å². The quantitative estimate of drug-likeness (QED) is 0.382. The van der Waals surface area contributed by atoms with E-state index in [0.29, 0.717) is 18.4 Å². The Balaban J connectivity index is 1.57. The first kappa shape index (κ1) is 12.7. The standard InChI is InChI=1S/C15H24O2/c1-2-3-4-5-6-9-17-15(16)14-11-12-7-8-13(14)10-12/h7-8,12-14H,2-6,9-11H2,1H3. The monoisotopic (exact) mass is 236 g/mol. The number of allylic oxidation sites excluding steroid dienone is 2.